The van der Waals surface area contributed by atoms with Gasteiger partial charge in [0, 0.05) is 38.3 Å². The molecule has 1 aliphatic rings. The molecule has 3 aromatic carbocycles. The molecule has 1 aliphatic carbocycles. The van der Waals surface area contributed by atoms with E-state index in [4.69, 9.17) is 9.97 Å². The number of hydrogen-bond acceptors (Lipinski definition) is 3. The Kier molecular flexibility index (Phi) is 5.25. The van der Waals surface area contributed by atoms with Gasteiger partial charge in [0.05, 0.1) is 5.52 Å². The summed E-state index contributed by atoms with van der Waals surface area (Å²) in [4.78, 5) is 9.57. The van der Waals surface area contributed by atoms with Crippen LogP contribution >= 0.6 is 15.9 Å². The summed E-state index contributed by atoms with van der Waals surface area (Å²) in [6, 6.07) is 17.8. The summed E-state index contributed by atoms with van der Waals surface area (Å²) >= 11 is 3.58. The fourth-order valence-corrected chi connectivity index (χ4v) is 4.88. The third-order valence-corrected chi connectivity index (χ3v) is 6.55. The molecule has 6 heteroatoms. The van der Waals surface area contributed by atoms with E-state index in [1.807, 2.05) is 62.4 Å². The fraction of sp³-hybridized carbons (Fsp3) is 0.154. The highest BCUT2D eigenvalue weighted by Gasteiger charge is 2.27. The van der Waals surface area contributed by atoms with Gasteiger partial charge in [-0.05, 0) is 49.1 Å². The van der Waals surface area contributed by atoms with Crippen LogP contribution in [0, 0.1) is 11.6 Å². The van der Waals surface area contributed by atoms with Crippen molar-refractivity contribution in [1.82, 2.24) is 9.97 Å². The van der Waals surface area contributed by atoms with Crippen LogP contribution in [0.4, 0.5) is 14.6 Å². The van der Waals surface area contributed by atoms with Crippen molar-refractivity contribution in [3.63, 3.8) is 0 Å². The van der Waals surface area contributed by atoms with Gasteiger partial charge in [0.25, 0.3) is 0 Å². The molecule has 160 valence electrons. The minimum atomic E-state index is -0.594. The molecule has 0 saturated carbocycles. The normalized spacial score (nSPS) is 15.7. The lowest BCUT2D eigenvalue weighted by molar-refractivity contribution is 0.554. The summed E-state index contributed by atoms with van der Waals surface area (Å²) in [5, 5.41) is 4.25. The van der Waals surface area contributed by atoms with Crippen LogP contribution in [0.25, 0.3) is 28.0 Å². The van der Waals surface area contributed by atoms with Crippen LogP contribution < -0.4 is 5.32 Å². The Morgan fingerprint density at radius 1 is 0.969 bits per heavy atom. The molecular formula is C26H20BrF2N3. The van der Waals surface area contributed by atoms with Gasteiger partial charge in [-0.25, -0.2) is 18.7 Å². The van der Waals surface area contributed by atoms with Crippen molar-refractivity contribution in [2.75, 3.05) is 5.32 Å². The number of halogens is 3. The summed E-state index contributed by atoms with van der Waals surface area (Å²) < 4.78 is 29.8. The van der Waals surface area contributed by atoms with E-state index in [1.54, 1.807) is 0 Å². The monoisotopic (exact) mass is 491 g/mol. The maximum atomic E-state index is 14.7. The molecule has 32 heavy (non-hydrogen) atoms. The van der Waals surface area contributed by atoms with Crippen molar-refractivity contribution in [2.45, 2.75) is 26.2 Å². The van der Waals surface area contributed by atoms with E-state index in [0.717, 1.165) is 32.6 Å². The maximum Gasteiger partial charge on any atom is 0.163 e. The van der Waals surface area contributed by atoms with Gasteiger partial charge in [-0.3, -0.25) is 0 Å². The Balaban J connectivity index is 1.70. The van der Waals surface area contributed by atoms with E-state index in [9.17, 15) is 8.78 Å². The predicted molar refractivity (Wildman–Crippen MR) is 128 cm³/mol. The molecule has 0 fully saturated rings. The van der Waals surface area contributed by atoms with Gasteiger partial charge in [0.1, 0.15) is 17.5 Å². The third kappa shape index (κ3) is 3.58. The number of allylic oxidation sites excluding steroid dienone is 1. The van der Waals surface area contributed by atoms with Crippen LogP contribution in [0.2, 0.25) is 0 Å². The van der Waals surface area contributed by atoms with Crippen LogP contribution in [-0.2, 0) is 0 Å². The van der Waals surface area contributed by atoms with Gasteiger partial charge >= 0.3 is 0 Å². The number of rotatable bonds is 3. The molecular weight excluding hydrogens is 472 g/mol. The van der Waals surface area contributed by atoms with Crippen molar-refractivity contribution in [1.29, 1.82) is 0 Å². The van der Waals surface area contributed by atoms with Crippen molar-refractivity contribution in [2.24, 2.45) is 0 Å². The lowest BCUT2D eigenvalue weighted by Gasteiger charge is -2.28. The molecule has 1 N–H and O–H groups in total. The molecule has 0 aliphatic heterocycles. The van der Waals surface area contributed by atoms with E-state index in [2.05, 4.69) is 21.2 Å². The second kappa shape index (κ2) is 8.10. The zero-order chi connectivity index (χ0) is 22.4. The molecule has 1 unspecified atom stereocenters. The first-order chi connectivity index (χ1) is 15.4. The third-order valence-electron chi connectivity index (χ3n) is 5.86. The summed E-state index contributed by atoms with van der Waals surface area (Å²) in [5.74, 6) is 0.0198. The average Bonchev–Trinajstić information content (AvgIpc) is 2.76. The van der Waals surface area contributed by atoms with Gasteiger partial charge in [-0.15, -0.1) is 0 Å². The fourth-order valence-electron chi connectivity index (χ4n) is 4.41. The Labute approximate surface area is 193 Å². The van der Waals surface area contributed by atoms with E-state index < -0.39 is 11.6 Å². The van der Waals surface area contributed by atoms with Crippen molar-refractivity contribution >= 4 is 38.3 Å². The lowest BCUT2D eigenvalue weighted by Crippen LogP contribution is -2.16. The molecule has 5 rings (SSSR count). The van der Waals surface area contributed by atoms with E-state index in [-0.39, 0.29) is 5.92 Å². The zero-order valence-electron chi connectivity index (χ0n) is 17.6. The first-order valence-corrected chi connectivity index (χ1v) is 11.2. The molecule has 1 aromatic heterocycles. The first kappa shape index (κ1) is 20.8. The summed E-state index contributed by atoms with van der Waals surface area (Å²) in [6.07, 6.45) is 0.679. The molecule has 1 atom stereocenters. The second-order valence-corrected chi connectivity index (χ2v) is 8.98. The van der Waals surface area contributed by atoms with E-state index in [0.29, 0.717) is 34.9 Å². The highest BCUT2D eigenvalue weighted by Crippen LogP contribution is 2.41. The summed E-state index contributed by atoms with van der Waals surface area (Å²) in [6.45, 7) is 3.95. The molecule has 0 spiro atoms. The van der Waals surface area contributed by atoms with Gasteiger partial charge in [0.2, 0.25) is 0 Å². The van der Waals surface area contributed by atoms with Crippen LogP contribution in [0.1, 0.15) is 37.3 Å². The average molecular weight is 492 g/mol. The van der Waals surface area contributed by atoms with Crippen molar-refractivity contribution in [3.05, 3.63) is 93.5 Å². The minimum Gasteiger partial charge on any atom is -0.339 e. The summed E-state index contributed by atoms with van der Waals surface area (Å²) in [5.41, 5.74) is 4.44. The number of anilines is 1. The van der Waals surface area contributed by atoms with Gasteiger partial charge in [-0.2, -0.15) is 0 Å². The summed E-state index contributed by atoms with van der Waals surface area (Å²) in [7, 11) is 0. The predicted octanol–water partition coefficient (Wildman–Crippen LogP) is 7.69. The van der Waals surface area contributed by atoms with Crippen LogP contribution in [0.3, 0.4) is 0 Å². The number of fused-ring (bicyclic) bond motifs is 2. The lowest BCUT2D eigenvalue weighted by atomic mass is 9.82. The topological polar surface area (TPSA) is 37.8 Å². The van der Waals surface area contributed by atoms with E-state index >= 15 is 0 Å². The Bertz CT molecular complexity index is 1400. The maximum absolute atomic E-state index is 14.7. The molecule has 0 saturated heterocycles. The minimum absolute atomic E-state index is 0.0332. The van der Waals surface area contributed by atoms with E-state index in [1.165, 1.54) is 6.07 Å². The number of hydrogen-bond donors (Lipinski definition) is 1. The quantitative estimate of drug-likeness (QED) is 0.319. The van der Waals surface area contributed by atoms with Crippen LogP contribution in [0.15, 0.2) is 70.7 Å². The van der Waals surface area contributed by atoms with Crippen LogP contribution in [-0.4, -0.2) is 9.97 Å². The Morgan fingerprint density at radius 2 is 1.72 bits per heavy atom. The van der Waals surface area contributed by atoms with Crippen LogP contribution in [0.5, 0.6) is 0 Å². The van der Waals surface area contributed by atoms with Gasteiger partial charge in [0.15, 0.2) is 5.82 Å². The number of nitrogens with one attached hydrogen (secondary N) is 1. The Hall–Kier alpha value is -3.12. The standard InChI is InChI=1S/C26H20BrF2N3/c1-14-11-15(2)24(19-12-16(28)13-21(29)23(14)19)31-26-18-8-4-6-10-22(18)30-25(32-26)17-7-3-5-9-20(17)27/h3-10,12-14H,11H2,1-2H3,(H,30,31,32). The smallest absolute Gasteiger partial charge is 0.163 e. The molecule has 3 nitrogen and oxygen atoms in total. The largest absolute Gasteiger partial charge is 0.339 e. The first-order valence-electron chi connectivity index (χ1n) is 10.4. The highest BCUT2D eigenvalue weighted by atomic mass is 79.9. The SMILES string of the molecule is CC1=C(Nc2nc(-c3ccccc3Br)nc3ccccc23)c2cc(F)cc(F)c2C(C)C1. The molecule has 0 radical (unpaired) electrons. The molecule has 4 aromatic rings. The van der Waals surface area contributed by atoms with Crippen molar-refractivity contribution in [3.8, 4) is 11.4 Å². The van der Waals surface area contributed by atoms with Crippen molar-refractivity contribution < 1.29 is 8.78 Å². The number of benzene rings is 3. The second-order valence-electron chi connectivity index (χ2n) is 8.13. The zero-order valence-corrected chi connectivity index (χ0v) is 19.2. The van der Waals surface area contributed by atoms with Gasteiger partial charge in [-0.1, -0.05) is 53.2 Å². The molecule has 1 heterocycles. The molecule has 0 amide bonds. The van der Waals surface area contributed by atoms with Gasteiger partial charge < -0.3 is 5.32 Å². The molecule has 0 bridgehead atoms. The Morgan fingerprint density at radius 3 is 2.53 bits per heavy atom. The highest BCUT2D eigenvalue weighted by molar-refractivity contribution is 9.10. The number of nitrogens with zero attached hydrogens (tertiary/aromatic N) is 2. The number of para-hydroxylation sites is 1. The number of aromatic nitrogens is 2.